The van der Waals surface area contributed by atoms with Crippen molar-refractivity contribution in [1.82, 2.24) is 4.90 Å². The molecule has 0 amide bonds. The molecule has 0 aromatic rings. The number of nitrogens with zero attached hydrogens (tertiary/aromatic N) is 1. The summed E-state index contributed by atoms with van der Waals surface area (Å²) < 4.78 is 6.47. The molecule has 1 aliphatic heterocycles. The second-order valence-electron chi connectivity index (χ2n) is 4.12. The Labute approximate surface area is 167 Å². The van der Waals surface area contributed by atoms with E-state index in [0.717, 1.165) is 5.92 Å². The monoisotopic (exact) mass is 352 g/mol. The number of halogens is 2. The molecular formula is C9H24BrClN2Na2O2. The first-order valence-corrected chi connectivity index (χ1v) is 4.97. The van der Waals surface area contributed by atoms with E-state index >= 15 is 0 Å². The van der Waals surface area contributed by atoms with Crippen LogP contribution in [0.5, 0.6) is 0 Å². The summed E-state index contributed by atoms with van der Waals surface area (Å²) in [5, 5.41) is 0. The van der Waals surface area contributed by atoms with E-state index in [9.17, 15) is 0 Å². The van der Waals surface area contributed by atoms with Crippen molar-refractivity contribution >= 4 is 28.8 Å². The predicted octanol–water partition coefficient (Wildman–Crippen LogP) is -2.60. The van der Waals surface area contributed by atoms with Crippen molar-refractivity contribution in [2.45, 2.75) is 39.2 Å². The van der Waals surface area contributed by atoms with Crippen LogP contribution in [0, 0.1) is 16.4 Å². The Bertz CT molecular complexity index is 156. The summed E-state index contributed by atoms with van der Waals surface area (Å²) in [5.74, 6) is 0.853. The van der Waals surface area contributed by atoms with Crippen molar-refractivity contribution in [3.05, 3.63) is 4.91 Å². The Kier molecular flexibility index (Phi) is 34.0. The van der Waals surface area contributed by atoms with Crippen molar-refractivity contribution in [3.63, 3.8) is 0 Å². The largest absolute Gasteiger partial charge is 1.00 e. The molecule has 1 saturated heterocycles. The molecule has 8 heteroatoms. The third-order valence-electron chi connectivity index (χ3n) is 3.32. The Hall–Kier alpha value is 2.29. The van der Waals surface area contributed by atoms with E-state index in [2.05, 4.69) is 50.2 Å². The minimum atomic E-state index is 0. The zero-order valence-electron chi connectivity index (χ0n) is 13.8. The summed E-state index contributed by atoms with van der Waals surface area (Å²) in [7, 11) is 2.23. The first kappa shape index (κ1) is 31.6. The quantitative estimate of drug-likeness (QED) is 0.371. The number of nitroso groups, excluding NO2 is 1. The van der Waals surface area contributed by atoms with Gasteiger partial charge in [-0.15, -0.1) is 17.0 Å². The maximum atomic E-state index is 7.50. The summed E-state index contributed by atoms with van der Waals surface area (Å²) in [6.45, 7) is 8.32. The van der Waals surface area contributed by atoms with Crippen molar-refractivity contribution in [2.24, 2.45) is 5.92 Å². The number of piperidine rings is 1. The molecular weight excluding hydrogens is 329 g/mol. The van der Waals surface area contributed by atoms with Crippen molar-refractivity contribution < 1.29 is 66.6 Å². The Morgan fingerprint density at radius 3 is 1.94 bits per heavy atom. The van der Waals surface area contributed by atoms with E-state index in [4.69, 9.17) is 9.57 Å². The average Bonchev–Trinajstić information content (AvgIpc) is 2.21. The van der Waals surface area contributed by atoms with Crippen molar-refractivity contribution in [2.75, 3.05) is 13.6 Å². The van der Waals surface area contributed by atoms with E-state index in [1.807, 2.05) is 0 Å². The van der Waals surface area contributed by atoms with Gasteiger partial charge in [-0.05, 0) is 46.2 Å². The van der Waals surface area contributed by atoms with Gasteiger partial charge in [-0.1, -0.05) is 12.5 Å². The van der Waals surface area contributed by atoms with Crippen LogP contribution in [-0.2, 0) is 0 Å². The standard InChI is InChI=1S/C9H19N.BrH.ClHO.HNO.2Na.2H/c1-8-6-5-7-10(4)9(8,2)3;;2*1-2;;;;/h8H,5-7H2,1-4H3;1H;2H;1H;;;;/q;;;;2*+1;2*-1. The van der Waals surface area contributed by atoms with Gasteiger partial charge >= 0.3 is 59.1 Å². The van der Waals surface area contributed by atoms with Crippen LogP contribution < -0.4 is 59.1 Å². The summed E-state index contributed by atoms with van der Waals surface area (Å²) in [6.07, 6.45) is 2.78. The van der Waals surface area contributed by atoms with Crippen LogP contribution in [0.15, 0.2) is 0 Å². The van der Waals surface area contributed by atoms with Gasteiger partial charge in [0.25, 0.3) is 0 Å². The number of hydrogen-bond acceptors (Lipinski definition) is 4. The van der Waals surface area contributed by atoms with Gasteiger partial charge in [0.1, 0.15) is 0 Å². The molecule has 4 nitrogen and oxygen atoms in total. The molecule has 1 fully saturated rings. The Morgan fingerprint density at radius 2 is 1.71 bits per heavy atom. The molecule has 0 saturated carbocycles. The Balaban J connectivity index is -0.0000000295. The first-order chi connectivity index (χ1) is 6.55. The fourth-order valence-electron chi connectivity index (χ4n) is 1.65. The van der Waals surface area contributed by atoms with E-state index in [1.54, 1.807) is 0 Å². The maximum Gasteiger partial charge on any atom is 1.00 e. The fraction of sp³-hybridized carbons (Fsp3) is 1.00. The zero-order valence-corrected chi connectivity index (χ0v) is 18.3. The second-order valence-corrected chi connectivity index (χ2v) is 4.12. The summed E-state index contributed by atoms with van der Waals surface area (Å²) >= 11 is 3.64. The predicted molar refractivity (Wildman–Crippen MR) is 71.8 cm³/mol. The van der Waals surface area contributed by atoms with Gasteiger partial charge in [-0.2, -0.15) is 4.91 Å². The molecule has 0 aromatic heterocycles. The van der Waals surface area contributed by atoms with Gasteiger partial charge in [0, 0.05) is 5.54 Å². The summed E-state index contributed by atoms with van der Waals surface area (Å²) in [6, 6.07) is 0. The van der Waals surface area contributed by atoms with Crippen LogP contribution in [0.3, 0.4) is 0 Å². The number of rotatable bonds is 0. The van der Waals surface area contributed by atoms with Crippen molar-refractivity contribution in [1.29, 1.82) is 5.59 Å². The van der Waals surface area contributed by atoms with Crippen LogP contribution in [0.1, 0.15) is 36.5 Å². The molecule has 1 heterocycles. The number of likely N-dealkylation sites (tertiary alicyclic amines) is 1. The molecule has 0 bridgehead atoms. The SMILES string of the molecule is Br.CC1CCCN(C)C1(C)C.N=O.OCl.[H-].[H-].[Na+].[Na+]. The Morgan fingerprint density at radius 1 is 1.35 bits per heavy atom. The van der Waals surface area contributed by atoms with Gasteiger partial charge in [-0.25, -0.2) is 0 Å². The summed E-state index contributed by atoms with van der Waals surface area (Å²) in [5.41, 5.74) is 4.93. The minimum absolute atomic E-state index is 0. The first-order valence-electron chi connectivity index (χ1n) is 4.63. The fourth-order valence-corrected chi connectivity index (χ4v) is 1.65. The molecule has 1 atom stereocenters. The van der Waals surface area contributed by atoms with Gasteiger partial charge in [0.05, 0.1) is 11.9 Å². The van der Waals surface area contributed by atoms with Gasteiger partial charge < -0.3 is 7.75 Å². The van der Waals surface area contributed by atoms with Gasteiger partial charge in [0.2, 0.25) is 0 Å². The van der Waals surface area contributed by atoms with Crippen LogP contribution in [0.4, 0.5) is 0 Å². The van der Waals surface area contributed by atoms with Crippen LogP contribution >= 0.6 is 28.8 Å². The molecule has 0 radical (unpaired) electrons. The molecule has 1 rings (SSSR count). The number of hydrogen-bond donors (Lipinski definition) is 2. The number of nitrogens with one attached hydrogen (secondary N) is 1. The van der Waals surface area contributed by atoms with Gasteiger partial charge in [-0.3, -0.25) is 4.66 Å². The third-order valence-corrected chi connectivity index (χ3v) is 3.32. The van der Waals surface area contributed by atoms with E-state index < -0.39 is 0 Å². The third kappa shape index (κ3) is 11.8. The molecule has 1 unspecified atom stereocenters. The van der Waals surface area contributed by atoms with Crippen LogP contribution in [0.2, 0.25) is 0 Å². The van der Waals surface area contributed by atoms with E-state index in [1.165, 1.54) is 19.4 Å². The molecule has 0 spiro atoms. The average molecular weight is 354 g/mol. The van der Waals surface area contributed by atoms with E-state index in [0.29, 0.717) is 5.54 Å². The topological polar surface area (TPSA) is 64.4 Å². The molecule has 0 aromatic carbocycles. The molecule has 2 N–H and O–H groups in total. The summed E-state index contributed by atoms with van der Waals surface area (Å²) in [4.78, 5) is 9.97. The molecule has 1 aliphatic rings. The maximum absolute atomic E-state index is 7.50. The smallest absolute Gasteiger partial charge is 1.00 e. The van der Waals surface area contributed by atoms with E-state index in [-0.39, 0.29) is 78.9 Å². The second kappa shape index (κ2) is 18.3. The molecule has 98 valence electrons. The zero-order chi connectivity index (χ0) is 11.8. The minimum Gasteiger partial charge on any atom is -1.00 e. The normalized spacial score (nSPS) is 20.7. The molecule has 17 heavy (non-hydrogen) atoms. The van der Waals surface area contributed by atoms with Gasteiger partial charge in [0.15, 0.2) is 0 Å². The van der Waals surface area contributed by atoms with Crippen LogP contribution in [0.25, 0.3) is 0 Å². The van der Waals surface area contributed by atoms with Crippen LogP contribution in [-0.4, -0.2) is 28.7 Å². The van der Waals surface area contributed by atoms with Crippen molar-refractivity contribution in [3.8, 4) is 0 Å². The molecule has 0 aliphatic carbocycles.